The van der Waals surface area contributed by atoms with E-state index >= 15 is 0 Å². The summed E-state index contributed by atoms with van der Waals surface area (Å²) < 4.78 is 40.8. The first kappa shape index (κ1) is 20.4. The predicted octanol–water partition coefficient (Wildman–Crippen LogP) is 2.67. The first-order chi connectivity index (χ1) is 15.1. The van der Waals surface area contributed by atoms with E-state index in [1.54, 1.807) is 13.1 Å². The van der Waals surface area contributed by atoms with Gasteiger partial charge in [-0.25, -0.2) is 4.98 Å². The number of H-pyrrole nitrogens is 1. The lowest BCUT2D eigenvalue weighted by molar-refractivity contribution is -0.0505. The minimum atomic E-state index is -2.95. The summed E-state index contributed by atoms with van der Waals surface area (Å²) in [4.78, 5) is 8.32. The van der Waals surface area contributed by atoms with Gasteiger partial charge in [0.05, 0.1) is 0 Å². The highest BCUT2D eigenvalue weighted by molar-refractivity contribution is 5.79. The van der Waals surface area contributed by atoms with Gasteiger partial charge < -0.3 is 24.8 Å². The summed E-state index contributed by atoms with van der Waals surface area (Å²) in [6.45, 7) is -2.23. The van der Waals surface area contributed by atoms with Crippen LogP contribution in [0.15, 0.2) is 47.7 Å². The fourth-order valence-electron chi connectivity index (χ4n) is 3.07. The highest BCUT2D eigenvalue weighted by Crippen LogP contribution is 2.38. The number of halogens is 2. The van der Waals surface area contributed by atoms with Crippen molar-refractivity contribution in [2.45, 2.75) is 19.7 Å². The molecule has 0 saturated carbocycles. The van der Waals surface area contributed by atoms with Crippen LogP contribution in [-0.4, -0.2) is 41.6 Å². The van der Waals surface area contributed by atoms with Gasteiger partial charge in [-0.15, -0.1) is 0 Å². The van der Waals surface area contributed by atoms with Gasteiger partial charge in [-0.1, -0.05) is 18.2 Å². The van der Waals surface area contributed by atoms with E-state index in [4.69, 9.17) is 9.47 Å². The summed E-state index contributed by atoms with van der Waals surface area (Å²) in [6.07, 6.45) is 1.45. The third kappa shape index (κ3) is 5.00. The number of aromatic nitrogens is 3. The van der Waals surface area contributed by atoms with Crippen LogP contribution in [0.5, 0.6) is 17.2 Å². The van der Waals surface area contributed by atoms with E-state index in [2.05, 4.69) is 35.5 Å². The Morgan fingerprint density at radius 2 is 2.00 bits per heavy atom. The third-order valence-corrected chi connectivity index (χ3v) is 4.52. The minimum Gasteiger partial charge on any atom is -0.454 e. The molecule has 0 radical (unpaired) electrons. The molecule has 4 rings (SSSR count). The normalized spacial score (nSPS) is 12.8. The summed E-state index contributed by atoms with van der Waals surface area (Å²) >= 11 is 0. The van der Waals surface area contributed by atoms with Crippen LogP contribution in [0, 0.1) is 0 Å². The van der Waals surface area contributed by atoms with Gasteiger partial charge in [0.15, 0.2) is 23.3 Å². The van der Waals surface area contributed by atoms with Crippen LogP contribution in [0.2, 0.25) is 0 Å². The zero-order valence-corrected chi connectivity index (χ0v) is 16.6. The molecule has 0 spiro atoms. The molecule has 0 amide bonds. The molecule has 0 atom stereocenters. The fourth-order valence-corrected chi connectivity index (χ4v) is 3.07. The summed E-state index contributed by atoms with van der Waals surface area (Å²) in [6, 6.07) is 10.8. The van der Waals surface area contributed by atoms with Crippen LogP contribution in [0.4, 0.5) is 8.78 Å². The highest BCUT2D eigenvalue weighted by Gasteiger charge is 2.20. The second kappa shape index (κ2) is 9.28. The molecule has 0 fully saturated rings. The Morgan fingerprint density at radius 1 is 1.19 bits per heavy atom. The van der Waals surface area contributed by atoms with Crippen LogP contribution >= 0.6 is 0 Å². The van der Waals surface area contributed by atoms with Gasteiger partial charge in [-0.3, -0.25) is 10.1 Å². The molecule has 2 aromatic carbocycles. The van der Waals surface area contributed by atoms with Gasteiger partial charge in [0.1, 0.15) is 12.1 Å². The van der Waals surface area contributed by atoms with E-state index in [0.29, 0.717) is 35.4 Å². The fraction of sp³-hybridized carbons (Fsp3) is 0.250. The second-order valence-electron chi connectivity index (χ2n) is 6.51. The zero-order valence-electron chi connectivity index (χ0n) is 16.6. The Bertz CT molecular complexity index is 1060. The number of fused-ring (bicyclic) bond motifs is 1. The van der Waals surface area contributed by atoms with Gasteiger partial charge in [0.2, 0.25) is 6.79 Å². The molecule has 1 aliphatic rings. The van der Waals surface area contributed by atoms with Gasteiger partial charge in [0.25, 0.3) is 0 Å². The van der Waals surface area contributed by atoms with Crippen molar-refractivity contribution < 1.29 is 23.0 Å². The molecule has 9 nitrogen and oxygen atoms in total. The lowest BCUT2D eigenvalue weighted by atomic mass is 10.1. The maximum atomic E-state index is 12.8. The molecule has 2 heterocycles. The highest BCUT2D eigenvalue weighted by atomic mass is 19.3. The van der Waals surface area contributed by atoms with Crippen LogP contribution in [-0.2, 0) is 13.1 Å². The van der Waals surface area contributed by atoms with Gasteiger partial charge in [0, 0.05) is 37.3 Å². The summed E-state index contributed by atoms with van der Waals surface area (Å²) in [5.41, 5.74) is 2.40. The number of aliphatic imine (C=N–C) groups is 1. The summed E-state index contributed by atoms with van der Waals surface area (Å²) in [5, 5.41) is 13.0. The number of guanidine groups is 1. The topological polar surface area (TPSA) is 106 Å². The lowest BCUT2D eigenvalue weighted by Crippen LogP contribution is -2.36. The Labute approximate surface area is 176 Å². The molecule has 31 heavy (non-hydrogen) atoms. The minimum absolute atomic E-state index is 0.0157. The number of hydrogen-bond donors (Lipinski definition) is 3. The average Bonchev–Trinajstić information content (AvgIpc) is 3.45. The molecule has 1 aromatic heterocycles. The number of aromatic amines is 1. The molecule has 0 bridgehead atoms. The quantitative estimate of drug-likeness (QED) is 0.391. The Morgan fingerprint density at radius 3 is 2.74 bits per heavy atom. The molecular formula is C20H20F2N6O3. The van der Waals surface area contributed by atoms with E-state index in [0.717, 1.165) is 11.1 Å². The summed E-state index contributed by atoms with van der Waals surface area (Å²) in [5.74, 6) is 2.03. The largest absolute Gasteiger partial charge is 0.454 e. The van der Waals surface area contributed by atoms with Crippen molar-refractivity contribution in [3.63, 3.8) is 0 Å². The number of benzene rings is 2. The predicted molar refractivity (Wildman–Crippen MR) is 108 cm³/mol. The molecule has 0 aliphatic carbocycles. The Kier molecular flexibility index (Phi) is 6.11. The van der Waals surface area contributed by atoms with Crippen molar-refractivity contribution in [1.82, 2.24) is 25.8 Å². The maximum absolute atomic E-state index is 12.8. The van der Waals surface area contributed by atoms with Crippen molar-refractivity contribution in [2.75, 3.05) is 13.8 Å². The van der Waals surface area contributed by atoms with E-state index in [9.17, 15) is 8.78 Å². The first-order valence-electron chi connectivity index (χ1n) is 9.39. The van der Waals surface area contributed by atoms with Crippen molar-refractivity contribution in [2.24, 2.45) is 4.99 Å². The number of rotatable bonds is 7. The first-order valence-corrected chi connectivity index (χ1v) is 9.39. The van der Waals surface area contributed by atoms with E-state index < -0.39 is 6.61 Å². The van der Waals surface area contributed by atoms with E-state index in [1.807, 2.05) is 24.3 Å². The van der Waals surface area contributed by atoms with Crippen molar-refractivity contribution in [3.05, 3.63) is 53.9 Å². The summed E-state index contributed by atoms with van der Waals surface area (Å²) in [7, 11) is 1.62. The SMILES string of the molecule is CN=C(NCc1cccc(-c2ncn[nH]2)c1)NCc1cc2c(cc1OC(F)F)OCO2. The molecule has 3 aromatic rings. The zero-order chi connectivity index (χ0) is 21.6. The maximum Gasteiger partial charge on any atom is 0.387 e. The van der Waals surface area contributed by atoms with Crippen molar-refractivity contribution in [3.8, 4) is 28.6 Å². The van der Waals surface area contributed by atoms with Crippen LogP contribution in [0.25, 0.3) is 11.4 Å². The standard InChI is InChI=1S/C20H20F2N6O3/c1-23-20(24-8-12-3-2-4-13(5-12)18-26-10-27-28-18)25-9-14-6-16-17(30-11-29-16)7-15(14)31-19(21)22/h2-7,10,19H,8-9,11H2,1H3,(H2,23,24,25)(H,26,27,28). The Balaban J connectivity index is 1.40. The van der Waals surface area contributed by atoms with Gasteiger partial charge in [-0.05, 0) is 17.7 Å². The molecule has 0 unspecified atom stereocenters. The molecule has 1 aliphatic heterocycles. The third-order valence-electron chi connectivity index (χ3n) is 4.52. The molecule has 11 heteroatoms. The number of hydrogen-bond acceptors (Lipinski definition) is 6. The molecule has 162 valence electrons. The van der Waals surface area contributed by atoms with Gasteiger partial charge in [-0.2, -0.15) is 13.9 Å². The number of nitrogens with one attached hydrogen (secondary N) is 3. The van der Waals surface area contributed by atoms with E-state index in [-0.39, 0.29) is 19.1 Å². The smallest absolute Gasteiger partial charge is 0.387 e. The van der Waals surface area contributed by atoms with Crippen LogP contribution in [0.1, 0.15) is 11.1 Å². The monoisotopic (exact) mass is 430 g/mol. The van der Waals surface area contributed by atoms with Crippen molar-refractivity contribution in [1.29, 1.82) is 0 Å². The molecule has 3 N–H and O–H groups in total. The second-order valence-corrected chi connectivity index (χ2v) is 6.51. The van der Waals surface area contributed by atoms with Crippen molar-refractivity contribution >= 4 is 5.96 Å². The average molecular weight is 430 g/mol. The Hall–Kier alpha value is -3.89. The van der Waals surface area contributed by atoms with Crippen LogP contribution in [0.3, 0.4) is 0 Å². The number of alkyl halides is 2. The molecule has 0 saturated heterocycles. The number of nitrogens with zero attached hydrogens (tertiary/aromatic N) is 3. The number of ether oxygens (including phenoxy) is 3. The van der Waals surface area contributed by atoms with Gasteiger partial charge >= 0.3 is 6.61 Å². The van der Waals surface area contributed by atoms with E-state index in [1.165, 1.54) is 12.4 Å². The van der Waals surface area contributed by atoms with Crippen LogP contribution < -0.4 is 24.8 Å². The molecular weight excluding hydrogens is 410 g/mol. The lowest BCUT2D eigenvalue weighted by Gasteiger charge is -2.15.